The average Bonchev–Trinajstić information content (AvgIpc) is 3.56. The molecular formula is C43H24BN7O2. The molecule has 12 rings (SSSR count). The number of aromatic nitrogens is 6. The van der Waals surface area contributed by atoms with E-state index in [1.165, 1.54) is 0 Å². The Morgan fingerprint density at radius 2 is 1.02 bits per heavy atom. The SMILES string of the molecule is c1ccc(-c2nc(-c3ccccc3)nc(N3c4cccc5c4B4c6c(cc(-n7c8ccncc8c8cnccc87)cc6Oc6cccc3c64)O5)n2)cc1. The molecule has 3 aliphatic rings. The molecule has 0 N–H and O–H groups in total. The maximum atomic E-state index is 6.88. The molecule has 0 saturated heterocycles. The zero-order valence-electron chi connectivity index (χ0n) is 27.9. The number of rotatable bonds is 4. The Kier molecular flexibility index (Phi) is 5.67. The molecule has 0 aliphatic carbocycles. The molecule has 10 heteroatoms. The van der Waals surface area contributed by atoms with Gasteiger partial charge in [0.2, 0.25) is 5.95 Å². The van der Waals surface area contributed by atoms with E-state index in [1.807, 2.05) is 122 Å². The minimum absolute atomic E-state index is 0.124. The van der Waals surface area contributed by atoms with Gasteiger partial charge in [-0.2, -0.15) is 9.97 Å². The van der Waals surface area contributed by atoms with Gasteiger partial charge >= 0.3 is 0 Å². The smallest absolute Gasteiger partial charge is 0.266 e. The topological polar surface area (TPSA) is 91.1 Å². The average molecular weight is 682 g/mol. The molecule has 0 spiro atoms. The van der Waals surface area contributed by atoms with Crippen LogP contribution in [0.3, 0.4) is 0 Å². The highest BCUT2D eigenvalue weighted by Crippen LogP contribution is 2.46. The first kappa shape index (κ1) is 28.4. The molecule has 9 nitrogen and oxygen atoms in total. The fourth-order valence-electron chi connectivity index (χ4n) is 8.28. The van der Waals surface area contributed by atoms with E-state index in [9.17, 15) is 0 Å². The number of hydrogen-bond donors (Lipinski definition) is 0. The lowest BCUT2D eigenvalue weighted by molar-refractivity contribution is 0.464. The predicted molar refractivity (Wildman–Crippen MR) is 207 cm³/mol. The van der Waals surface area contributed by atoms with Crippen LogP contribution in [0.4, 0.5) is 17.3 Å². The number of ether oxygens (including phenoxy) is 2. The molecule has 5 aromatic carbocycles. The van der Waals surface area contributed by atoms with Crippen LogP contribution in [0.15, 0.2) is 146 Å². The third-order valence-corrected chi connectivity index (χ3v) is 10.5. The number of pyridine rings is 2. The fraction of sp³-hybridized carbons (Fsp3) is 0. The Labute approximate surface area is 302 Å². The highest BCUT2D eigenvalue weighted by Gasteiger charge is 2.48. The lowest BCUT2D eigenvalue weighted by atomic mass is 9.33. The van der Waals surface area contributed by atoms with Gasteiger partial charge in [0.05, 0.1) is 16.7 Å². The van der Waals surface area contributed by atoms with Crippen LogP contribution in [-0.2, 0) is 0 Å². The van der Waals surface area contributed by atoms with E-state index in [0.29, 0.717) is 17.6 Å². The van der Waals surface area contributed by atoms with Crippen molar-refractivity contribution in [2.75, 3.05) is 4.90 Å². The number of benzene rings is 5. The Balaban J connectivity index is 1.08. The van der Waals surface area contributed by atoms with Gasteiger partial charge in [0.15, 0.2) is 11.6 Å². The molecule has 0 unspecified atom stereocenters. The second kappa shape index (κ2) is 10.6. The molecule has 0 saturated carbocycles. The maximum absolute atomic E-state index is 6.88. The summed E-state index contributed by atoms with van der Waals surface area (Å²) in [4.78, 5) is 26.2. The van der Waals surface area contributed by atoms with Crippen LogP contribution in [0.5, 0.6) is 23.0 Å². The van der Waals surface area contributed by atoms with Crippen LogP contribution in [-0.4, -0.2) is 36.2 Å². The van der Waals surface area contributed by atoms with Gasteiger partial charge in [-0.05, 0) is 47.3 Å². The van der Waals surface area contributed by atoms with E-state index < -0.39 is 0 Å². The van der Waals surface area contributed by atoms with Crippen molar-refractivity contribution in [2.45, 2.75) is 0 Å². The zero-order chi connectivity index (χ0) is 34.6. The van der Waals surface area contributed by atoms with Crippen LogP contribution in [0.2, 0.25) is 0 Å². The first-order chi connectivity index (χ1) is 26.3. The highest BCUT2D eigenvalue weighted by molar-refractivity contribution is 7.00. The minimum Gasteiger partial charge on any atom is -0.458 e. The molecule has 4 aromatic heterocycles. The van der Waals surface area contributed by atoms with Gasteiger partial charge in [-0.3, -0.25) is 14.9 Å². The zero-order valence-corrected chi connectivity index (χ0v) is 27.9. The lowest BCUT2D eigenvalue weighted by Gasteiger charge is -2.42. The summed E-state index contributed by atoms with van der Waals surface area (Å²) in [5.41, 5.74) is 9.81. The highest BCUT2D eigenvalue weighted by atomic mass is 16.5. The van der Waals surface area contributed by atoms with E-state index in [1.54, 1.807) is 0 Å². The molecule has 246 valence electrons. The van der Waals surface area contributed by atoms with E-state index in [-0.39, 0.29) is 6.71 Å². The summed E-state index contributed by atoms with van der Waals surface area (Å²) in [6, 6.07) is 40.8. The minimum atomic E-state index is -0.124. The van der Waals surface area contributed by atoms with Crippen LogP contribution < -0.4 is 30.8 Å². The number of fused-ring (bicyclic) bond motifs is 3. The maximum Gasteiger partial charge on any atom is 0.266 e. The van der Waals surface area contributed by atoms with Crippen LogP contribution in [0.1, 0.15) is 0 Å². The van der Waals surface area contributed by atoms with Gasteiger partial charge in [0.25, 0.3) is 6.71 Å². The molecule has 9 aromatic rings. The van der Waals surface area contributed by atoms with Crippen molar-refractivity contribution in [2.24, 2.45) is 0 Å². The van der Waals surface area contributed by atoms with Crippen LogP contribution in [0.25, 0.3) is 50.3 Å². The molecule has 7 heterocycles. The number of anilines is 3. The Morgan fingerprint density at radius 3 is 1.55 bits per heavy atom. The van der Waals surface area contributed by atoms with E-state index in [4.69, 9.17) is 24.4 Å². The monoisotopic (exact) mass is 681 g/mol. The summed E-state index contributed by atoms with van der Waals surface area (Å²) in [6.45, 7) is -0.124. The Hall–Kier alpha value is -7.33. The third kappa shape index (κ3) is 4.00. The second-order valence-electron chi connectivity index (χ2n) is 13.3. The van der Waals surface area contributed by atoms with Crippen molar-refractivity contribution in [3.63, 3.8) is 0 Å². The van der Waals surface area contributed by atoms with Crippen molar-refractivity contribution >= 4 is 62.2 Å². The van der Waals surface area contributed by atoms with Gasteiger partial charge in [0, 0.05) is 75.7 Å². The standard InChI is InChI=1S/C43H24BN7O2/c1-3-9-25(10-4-1)41-47-42(26-11-5-2-6-12-26)49-43(48-41)51-32-13-7-15-34-38(32)44-39-33(51)14-8-16-35(39)53-37-22-27(21-36(52-34)40(37)44)50-30-17-19-45-23-28(30)29-24-46-20-18-31(29)50/h1-24H. The van der Waals surface area contributed by atoms with Crippen molar-refractivity contribution < 1.29 is 9.47 Å². The van der Waals surface area contributed by atoms with E-state index in [0.717, 1.165) is 89.4 Å². The van der Waals surface area contributed by atoms with Crippen molar-refractivity contribution in [3.8, 4) is 51.5 Å². The van der Waals surface area contributed by atoms with Crippen molar-refractivity contribution in [1.29, 1.82) is 0 Å². The molecule has 0 bridgehead atoms. The summed E-state index contributed by atoms with van der Waals surface area (Å²) >= 11 is 0. The van der Waals surface area contributed by atoms with E-state index in [2.05, 4.69) is 43.7 Å². The number of hydrogen-bond acceptors (Lipinski definition) is 8. The molecule has 0 fully saturated rings. The largest absolute Gasteiger partial charge is 0.458 e. The third-order valence-electron chi connectivity index (χ3n) is 10.5. The summed E-state index contributed by atoms with van der Waals surface area (Å²) < 4.78 is 16.0. The molecule has 0 atom stereocenters. The summed E-state index contributed by atoms with van der Waals surface area (Å²) in [7, 11) is 0. The first-order valence-corrected chi connectivity index (χ1v) is 17.4. The van der Waals surface area contributed by atoms with Gasteiger partial charge in [0.1, 0.15) is 23.0 Å². The van der Waals surface area contributed by atoms with Crippen molar-refractivity contribution in [1.82, 2.24) is 29.5 Å². The predicted octanol–water partition coefficient (Wildman–Crippen LogP) is 7.60. The van der Waals surface area contributed by atoms with Gasteiger partial charge < -0.3 is 14.0 Å². The summed E-state index contributed by atoms with van der Waals surface area (Å²) in [6.07, 6.45) is 7.43. The molecule has 53 heavy (non-hydrogen) atoms. The normalized spacial score (nSPS) is 13.1. The first-order valence-electron chi connectivity index (χ1n) is 17.4. The van der Waals surface area contributed by atoms with Gasteiger partial charge in [-0.25, -0.2) is 4.98 Å². The Morgan fingerprint density at radius 1 is 0.491 bits per heavy atom. The second-order valence-corrected chi connectivity index (χ2v) is 13.3. The summed E-state index contributed by atoms with van der Waals surface area (Å²) in [5, 5.41) is 2.07. The van der Waals surface area contributed by atoms with Gasteiger partial charge in [-0.15, -0.1) is 0 Å². The molecule has 0 radical (unpaired) electrons. The van der Waals surface area contributed by atoms with Crippen LogP contribution >= 0.6 is 0 Å². The summed E-state index contributed by atoms with van der Waals surface area (Å²) in [5.74, 6) is 4.79. The fourth-order valence-corrected chi connectivity index (χ4v) is 8.28. The van der Waals surface area contributed by atoms with Crippen molar-refractivity contribution in [3.05, 3.63) is 146 Å². The molecular weight excluding hydrogens is 657 g/mol. The quantitative estimate of drug-likeness (QED) is 0.176. The molecule has 3 aliphatic heterocycles. The molecule has 0 amide bonds. The van der Waals surface area contributed by atoms with E-state index >= 15 is 0 Å². The lowest BCUT2D eigenvalue weighted by Crippen LogP contribution is -2.61. The van der Waals surface area contributed by atoms with Crippen LogP contribution in [0, 0.1) is 0 Å². The Bertz CT molecular complexity index is 2800. The number of nitrogens with zero attached hydrogens (tertiary/aromatic N) is 7. The van der Waals surface area contributed by atoms with Gasteiger partial charge in [-0.1, -0.05) is 72.8 Å².